The van der Waals surface area contributed by atoms with Crippen LogP contribution in [0.1, 0.15) is 59.4 Å². The van der Waals surface area contributed by atoms with Gasteiger partial charge in [0, 0.05) is 38.3 Å². The van der Waals surface area contributed by atoms with Gasteiger partial charge >= 0.3 is 0 Å². The van der Waals surface area contributed by atoms with Crippen LogP contribution in [0.25, 0.3) is 0 Å². The third-order valence-electron chi connectivity index (χ3n) is 9.10. The second-order valence-electron chi connectivity index (χ2n) is 11.9. The highest BCUT2D eigenvalue weighted by Crippen LogP contribution is 2.29. The van der Waals surface area contributed by atoms with Gasteiger partial charge in [-0.2, -0.15) is 0 Å². The fourth-order valence-corrected chi connectivity index (χ4v) is 6.75. The van der Waals surface area contributed by atoms with Crippen LogP contribution in [0.2, 0.25) is 10.0 Å². The molecule has 1 aromatic rings. The number of hydrogen-bond donors (Lipinski definition) is 2. The lowest BCUT2D eigenvalue weighted by atomic mass is 9.98. The molecule has 3 aliphatic rings. The first kappa shape index (κ1) is 29.3. The molecule has 0 saturated carbocycles. The van der Waals surface area contributed by atoms with Crippen molar-refractivity contribution in [1.29, 1.82) is 5.41 Å². The van der Waals surface area contributed by atoms with Crippen molar-refractivity contribution in [1.82, 2.24) is 19.6 Å². The Kier molecular flexibility index (Phi) is 9.75. The summed E-state index contributed by atoms with van der Waals surface area (Å²) >= 11 is 12.4. The van der Waals surface area contributed by atoms with Gasteiger partial charge in [0.1, 0.15) is 0 Å². The molecule has 0 bridgehead atoms. The van der Waals surface area contributed by atoms with Crippen LogP contribution in [-0.4, -0.2) is 95.0 Å². The molecule has 0 amide bonds. The van der Waals surface area contributed by atoms with Gasteiger partial charge in [0.15, 0.2) is 11.9 Å². The molecule has 2 saturated heterocycles. The van der Waals surface area contributed by atoms with Crippen LogP contribution in [0, 0.1) is 17.2 Å². The number of benzene rings is 1. The average Bonchev–Trinajstić information content (AvgIpc) is 3.57. The molecule has 0 spiro atoms. The maximum atomic E-state index is 9.19. The van der Waals surface area contributed by atoms with Gasteiger partial charge in [-0.15, -0.1) is 0 Å². The normalized spacial score (nSPS) is 26.1. The monoisotopic (exact) mass is 563 g/mol. The first-order valence-electron chi connectivity index (χ1n) is 14.5. The van der Waals surface area contributed by atoms with E-state index >= 15 is 0 Å². The van der Waals surface area contributed by atoms with E-state index in [9.17, 15) is 5.41 Å². The first-order valence-corrected chi connectivity index (χ1v) is 15.2. The van der Waals surface area contributed by atoms with Crippen molar-refractivity contribution in [2.75, 3.05) is 39.3 Å². The molecule has 1 aromatic carbocycles. The Bertz CT molecular complexity index is 999. The minimum Gasteiger partial charge on any atom is -0.370 e. The molecule has 7 nitrogen and oxygen atoms in total. The molecular formula is C29H47Cl2N7. The summed E-state index contributed by atoms with van der Waals surface area (Å²) in [5.74, 6) is 2.42. The Balaban J connectivity index is 1.40. The van der Waals surface area contributed by atoms with Crippen LogP contribution in [0.3, 0.4) is 0 Å². The zero-order valence-corrected chi connectivity index (χ0v) is 25.3. The Morgan fingerprint density at radius 1 is 1.11 bits per heavy atom. The number of likely N-dealkylation sites (tertiary alicyclic amines) is 1. The number of halogens is 2. The number of guanidine groups is 2. The average molecular weight is 565 g/mol. The van der Waals surface area contributed by atoms with Crippen LogP contribution in [0.4, 0.5) is 0 Å². The molecule has 3 aliphatic heterocycles. The van der Waals surface area contributed by atoms with Crippen molar-refractivity contribution >= 4 is 35.1 Å². The predicted molar refractivity (Wildman–Crippen MR) is 160 cm³/mol. The second-order valence-corrected chi connectivity index (χ2v) is 12.7. The molecule has 9 heteroatoms. The Hall–Kier alpha value is -1.70. The lowest BCUT2D eigenvalue weighted by Gasteiger charge is -2.37. The van der Waals surface area contributed by atoms with Crippen molar-refractivity contribution in [3.05, 3.63) is 33.8 Å². The SMILES string of the molecule is CC[C@@H](C)[C@@H]1CN([C@@H](C)CN2CCC[C@H]2CN2C(N)=NC[C@H]2C(C)C)C(=N)N1CCc1ccc(Cl)c(Cl)c1. The van der Waals surface area contributed by atoms with E-state index in [1.165, 1.54) is 12.8 Å². The predicted octanol–water partition coefficient (Wildman–Crippen LogP) is 5.01. The Labute approximate surface area is 239 Å². The van der Waals surface area contributed by atoms with E-state index in [-0.39, 0.29) is 6.04 Å². The molecule has 0 aliphatic carbocycles. The van der Waals surface area contributed by atoms with Crippen LogP contribution < -0.4 is 5.73 Å². The molecule has 3 heterocycles. The minimum absolute atomic E-state index is 0.273. The highest BCUT2D eigenvalue weighted by atomic mass is 35.5. The molecule has 2 fully saturated rings. The highest BCUT2D eigenvalue weighted by Gasteiger charge is 2.40. The molecule has 0 aromatic heterocycles. The molecule has 0 radical (unpaired) electrons. The smallest absolute Gasteiger partial charge is 0.194 e. The quantitative estimate of drug-likeness (QED) is 0.395. The summed E-state index contributed by atoms with van der Waals surface area (Å²) in [5, 5.41) is 10.4. The summed E-state index contributed by atoms with van der Waals surface area (Å²) in [6, 6.07) is 7.38. The molecule has 38 heavy (non-hydrogen) atoms. The number of rotatable bonds is 11. The Morgan fingerprint density at radius 3 is 2.55 bits per heavy atom. The van der Waals surface area contributed by atoms with Crippen molar-refractivity contribution < 1.29 is 0 Å². The standard InChI is InChI=1S/C29H47Cl2N7/c1-6-20(4)27-18-37(29(33)36(27)13-11-22-9-10-24(30)25(31)14-22)21(5)16-35-12-7-8-23(35)17-38-26(19(2)3)15-34-28(38)32/h9-10,14,19-21,23,26-27,33H,6-8,11-13,15-18H2,1-5H3,(H2,32,34)/t20-,21+,23+,26+,27+/m1/s1. The summed E-state index contributed by atoms with van der Waals surface area (Å²) in [6.45, 7) is 17.0. The van der Waals surface area contributed by atoms with Crippen molar-refractivity contribution in [3.8, 4) is 0 Å². The van der Waals surface area contributed by atoms with Gasteiger partial charge in [0.25, 0.3) is 0 Å². The van der Waals surface area contributed by atoms with Crippen molar-refractivity contribution in [2.24, 2.45) is 22.6 Å². The van der Waals surface area contributed by atoms with Crippen LogP contribution in [-0.2, 0) is 6.42 Å². The summed E-state index contributed by atoms with van der Waals surface area (Å²) in [5.41, 5.74) is 7.47. The van der Waals surface area contributed by atoms with Gasteiger partial charge in [0.05, 0.1) is 28.7 Å². The van der Waals surface area contributed by atoms with E-state index in [2.05, 4.69) is 59.2 Å². The lowest BCUT2D eigenvalue weighted by molar-refractivity contribution is 0.153. The van der Waals surface area contributed by atoms with Gasteiger partial charge in [-0.1, -0.05) is 63.4 Å². The van der Waals surface area contributed by atoms with Crippen LogP contribution in [0.15, 0.2) is 23.2 Å². The zero-order chi connectivity index (χ0) is 27.6. The van der Waals surface area contributed by atoms with E-state index in [0.717, 1.165) is 57.7 Å². The summed E-state index contributed by atoms with van der Waals surface area (Å²) in [7, 11) is 0. The third-order valence-corrected chi connectivity index (χ3v) is 9.84. The maximum Gasteiger partial charge on any atom is 0.194 e. The van der Waals surface area contributed by atoms with Crippen LogP contribution in [0.5, 0.6) is 0 Å². The molecule has 3 N–H and O–H groups in total. The largest absolute Gasteiger partial charge is 0.370 e. The van der Waals surface area contributed by atoms with Crippen molar-refractivity contribution in [2.45, 2.75) is 84.5 Å². The topological polar surface area (TPSA) is 75.2 Å². The van der Waals surface area contributed by atoms with Gasteiger partial charge in [-0.3, -0.25) is 15.3 Å². The summed E-state index contributed by atoms with van der Waals surface area (Å²) in [4.78, 5) is 14.2. The fourth-order valence-electron chi connectivity index (χ4n) is 6.43. The van der Waals surface area contributed by atoms with E-state index in [1.54, 1.807) is 0 Å². The van der Waals surface area contributed by atoms with Crippen molar-refractivity contribution in [3.63, 3.8) is 0 Å². The van der Waals surface area contributed by atoms with Gasteiger partial charge in [0.2, 0.25) is 0 Å². The number of aliphatic imine (C=N–C) groups is 1. The minimum atomic E-state index is 0.273. The van der Waals surface area contributed by atoms with Gasteiger partial charge in [-0.25, -0.2) is 0 Å². The molecular weight excluding hydrogens is 517 g/mol. The second kappa shape index (κ2) is 12.6. The number of nitrogens with one attached hydrogen (secondary N) is 1. The van der Waals surface area contributed by atoms with Gasteiger partial charge in [-0.05, 0) is 62.3 Å². The molecule has 4 rings (SSSR count). The third kappa shape index (κ3) is 6.37. The van der Waals surface area contributed by atoms with E-state index in [1.807, 2.05) is 18.2 Å². The lowest BCUT2D eigenvalue weighted by Crippen LogP contribution is -2.52. The zero-order valence-electron chi connectivity index (χ0n) is 23.8. The summed E-state index contributed by atoms with van der Waals surface area (Å²) in [6.07, 6.45) is 4.37. The number of nitrogens with two attached hydrogens (primary N) is 1. The fraction of sp³-hybridized carbons (Fsp3) is 0.724. The molecule has 212 valence electrons. The molecule has 5 atom stereocenters. The first-order chi connectivity index (χ1) is 18.1. The van der Waals surface area contributed by atoms with E-state index < -0.39 is 0 Å². The van der Waals surface area contributed by atoms with E-state index in [0.29, 0.717) is 51.9 Å². The van der Waals surface area contributed by atoms with Crippen LogP contribution >= 0.6 is 23.2 Å². The molecule has 0 unspecified atom stereocenters. The number of nitrogens with zero attached hydrogens (tertiary/aromatic N) is 5. The Morgan fingerprint density at radius 2 is 1.87 bits per heavy atom. The maximum absolute atomic E-state index is 9.19. The highest BCUT2D eigenvalue weighted by molar-refractivity contribution is 6.42. The van der Waals surface area contributed by atoms with Gasteiger partial charge < -0.3 is 20.4 Å². The summed E-state index contributed by atoms with van der Waals surface area (Å²) < 4.78 is 0. The van der Waals surface area contributed by atoms with E-state index in [4.69, 9.17) is 28.9 Å². The number of hydrogen-bond acceptors (Lipinski definition) is 5.